The molecule has 0 saturated carbocycles. The number of nitrogens with zero attached hydrogens (tertiary/aromatic N) is 1. The van der Waals surface area contributed by atoms with E-state index in [0.29, 0.717) is 15.6 Å². The number of nitrogens with one attached hydrogen (secondary N) is 1. The molecule has 0 radical (unpaired) electrons. The van der Waals surface area contributed by atoms with Crippen LogP contribution in [0.25, 0.3) is 0 Å². The minimum Gasteiger partial charge on any atom is -0.457 e. The molecule has 3 rings (SSSR count). The average molecular weight is 533 g/mol. The smallest absolute Gasteiger partial charge is 0.433 e. The number of sulfonamides is 1. The quantitative estimate of drug-likeness (QED) is 0.373. The van der Waals surface area contributed by atoms with Gasteiger partial charge in [-0.05, 0) is 48.4 Å². The van der Waals surface area contributed by atoms with Crippen molar-refractivity contribution in [3.8, 4) is 0 Å². The Balaban J connectivity index is 1.54. The summed E-state index contributed by atoms with van der Waals surface area (Å²) >= 11 is 12.0. The van der Waals surface area contributed by atoms with Crippen LogP contribution in [0.2, 0.25) is 10.0 Å². The van der Waals surface area contributed by atoms with Gasteiger partial charge in [-0.2, -0.15) is 13.2 Å². The molecule has 0 amide bonds. The maximum Gasteiger partial charge on any atom is 0.433 e. The Morgan fingerprint density at radius 3 is 2.35 bits per heavy atom. The molecular weight excluding hydrogens is 516 g/mol. The minimum absolute atomic E-state index is 0.133. The van der Waals surface area contributed by atoms with E-state index in [0.717, 1.165) is 18.3 Å². The fourth-order valence-corrected chi connectivity index (χ4v) is 4.30. The highest BCUT2D eigenvalue weighted by atomic mass is 35.5. The van der Waals surface area contributed by atoms with Crippen molar-refractivity contribution in [2.24, 2.45) is 0 Å². The van der Waals surface area contributed by atoms with E-state index in [1.807, 2.05) is 0 Å². The second kappa shape index (κ2) is 10.6. The number of anilines is 1. The van der Waals surface area contributed by atoms with Crippen molar-refractivity contribution in [1.29, 1.82) is 0 Å². The molecular formula is C22H17Cl2F3N2O4S. The number of ether oxygens (including phenoxy) is 1. The van der Waals surface area contributed by atoms with Gasteiger partial charge in [-0.25, -0.2) is 13.2 Å². The molecule has 6 nitrogen and oxygen atoms in total. The molecule has 12 heteroatoms. The third kappa shape index (κ3) is 7.09. The number of rotatable bonds is 8. The molecule has 3 aromatic rings. The van der Waals surface area contributed by atoms with E-state index in [9.17, 15) is 26.4 Å². The van der Waals surface area contributed by atoms with Crippen LogP contribution in [0.3, 0.4) is 0 Å². The van der Waals surface area contributed by atoms with Gasteiger partial charge in [0.05, 0.1) is 21.4 Å². The lowest BCUT2D eigenvalue weighted by atomic mass is 10.2. The van der Waals surface area contributed by atoms with Gasteiger partial charge in [0.25, 0.3) is 0 Å². The molecule has 1 aromatic heterocycles. The first-order valence-electron chi connectivity index (χ1n) is 9.67. The van der Waals surface area contributed by atoms with Gasteiger partial charge in [0.15, 0.2) is 0 Å². The number of esters is 1. The zero-order chi connectivity index (χ0) is 24.9. The molecule has 0 aliphatic carbocycles. The Kier molecular flexibility index (Phi) is 8.06. The zero-order valence-corrected chi connectivity index (χ0v) is 19.6. The van der Waals surface area contributed by atoms with Crippen LogP contribution in [0.1, 0.15) is 27.2 Å². The highest BCUT2D eigenvalue weighted by Crippen LogP contribution is 2.28. The molecule has 0 unspecified atom stereocenters. The van der Waals surface area contributed by atoms with Crippen LogP contribution < -0.4 is 4.72 Å². The molecule has 180 valence electrons. The van der Waals surface area contributed by atoms with Gasteiger partial charge >= 0.3 is 12.1 Å². The number of pyridine rings is 1. The Bertz CT molecular complexity index is 1270. The van der Waals surface area contributed by atoms with Crippen molar-refractivity contribution in [3.63, 3.8) is 0 Å². The van der Waals surface area contributed by atoms with E-state index in [-0.39, 0.29) is 35.6 Å². The standard InChI is InChI=1S/C22H17Cl2F3N2O4S/c23-18-3-1-2-15(20(18)24)10-11-34(31,32)29-17-7-5-16(6-8-17)21(30)33-13-14-4-9-19(28-12-14)22(25,26)27/h1-9,12,29H,10-11,13H2. The maximum atomic E-state index is 12.5. The van der Waals surface area contributed by atoms with E-state index < -0.39 is 27.9 Å². The third-order valence-corrected chi connectivity index (χ3v) is 6.70. The largest absolute Gasteiger partial charge is 0.457 e. The number of hydrogen-bond donors (Lipinski definition) is 1. The van der Waals surface area contributed by atoms with Gasteiger partial charge in [-0.3, -0.25) is 9.71 Å². The molecule has 0 aliphatic rings. The summed E-state index contributed by atoms with van der Waals surface area (Å²) in [5.41, 5.74) is 0.205. The summed E-state index contributed by atoms with van der Waals surface area (Å²) in [5.74, 6) is -0.970. The highest BCUT2D eigenvalue weighted by Gasteiger charge is 2.32. The second-order valence-corrected chi connectivity index (χ2v) is 9.71. The van der Waals surface area contributed by atoms with Gasteiger partial charge in [-0.15, -0.1) is 0 Å². The summed E-state index contributed by atoms with van der Waals surface area (Å²) in [6.45, 7) is -0.273. The van der Waals surface area contributed by atoms with Crippen LogP contribution in [0.5, 0.6) is 0 Å². The van der Waals surface area contributed by atoms with Crippen molar-refractivity contribution in [2.75, 3.05) is 10.5 Å². The molecule has 0 aliphatic heterocycles. The van der Waals surface area contributed by atoms with Gasteiger partial charge < -0.3 is 4.74 Å². The molecule has 0 atom stereocenters. The van der Waals surface area contributed by atoms with Crippen LogP contribution >= 0.6 is 23.2 Å². The third-order valence-electron chi connectivity index (χ3n) is 4.55. The molecule has 0 saturated heterocycles. The summed E-state index contributed by atoms with van der Waals surface area (Å²) in [4.78, 5) is 15.5. The predicted octanol–water partition coefficient (Wildman–Crippen LogP) is 5.75. The summed E-state index contributed by atoms with van der Waals surface area (Å²) in [5, 5.41) is 0.635. The van der Waals surface area contributed by atoms with Crippen molar-refractivity contribution in [1.82, 2.24) is 4.98 Å². The molecule has 0 bridgehead atoms. The van der Waals surface area contributed by atoms with E-state index in [1.165, 1.54) is 24.3 Å². The van der Waals surface area contributed by atoms with Crippen LogP contribution in [0.4, 0.5) is 18.9 Å². The summed E-state index contributed by atoms with van der Waals surface area (Å²) in [6, 6.07) is 12.4. The first-order chi connectivity index (χ1) is 15.9. The van der Waals surface area contributed by atoms with Crippen LogP contribution in [0, 0.1) is 0 Å². The number of carbonyl (C=O) groups excluding carboxylic acids is 1. The van der Waals surface area contributed by atoms with Gasteiger partial charge in [-0.1, -0.05) is 41.4 Å². The Morgan fingerprint density at radius 1 is 1.03 bits per heavy atom. The molecule has 34 heavy (non-hydrogen) atoms. The Hall–Kier alpha value is -2.82. The minimum atomic E-state index is -4.55. The first kappa shape index (κ1) is 25.8. The number of aromatic nitrogens is 1. The predicted molar refractivity (Wildman–Crippen MR) is 122 cm³/mol. The van der Waals surface area contributed by atoms with Crippen LogP contribution in [0.15, 0.2) is 60.8 Å². The average Bonchev–Trinajstić information content (AvgIpc) is 2.78. The number of aryl methyl sites for hydroxylation is 1. The first-order valence-corrected chi connectivity index (χ1v) is 12.1. The van der Waals surface area contributed by atoms with Crippen molar-refractivity contribution < 1.29 is 31.1 Å². The number of benzene rings is 2. The van der Waals surface area contributed by atoms with Gasteiger partial charge in [0, 0.05) is 17.4 Å². The lowest BCUT2D eigenvalue weighted by Crippen LogP contribution is -2.18. The van der Waals surface area contributed by atoms with E-state index >= 15 is 0 Å². The maximum absolute atomic E-state index is 12.5. The summed E-state index contributed by atoms with van der Waals surface area (Å²) in [6.07, 6.45) is -3.43. The van der Waals surface area contributed by atoms with Gasteiger partial charge in [0.1, 0.15) is 12.3 Å². The lowest BCUT2D eigenvalue weighted by molar-refractivity contribution is -0.141. The number of carbonyl (C=O) groups is 1. The van der Waals surface area contributed by atoms with Crippen molar-refractivity contribution >= 4 is 44.9 Å². The molecule has 1 heterocycles. The fourth-order valence-electron chi connectivity index (χ4n) is 2.80. The van der Waals surface area contributed by atoms with Crippen molar-refractivity contribution in [2.45, 2.75) is 19.2 Å². The zero-order valence-electron chi connectivity index (χ0n) is 17.3. The fraction of sp³-hybridized carbons (Fsp3) is 0.182. The Labute approximate surface area is 203 Å². The molecule has 0 fully saturated rings. The van der Waals surface area contributed by atoms with Crippen molar-refractivity contribution in [3.05, 3.63) is 93.2 Å². The monoisotopic (exact) mass is 532 g/mol. The van der Waals surface area contributed by atoms with Crippen LogP contribution in [-0.2, 0) is 34.0 Å². The number of halogens is 5. The molecule has 0 spiro atoms. The summed E-state index contributed by atoms with van der Waals surface area (Å²) < 4.78 is 69.9. The molecule has 1 N–H and O–H groups in total. The topological polar surface area (TPSA) is 85.4 Å². The van der Waals surface area contributed by atoms with Gasteiger partial charge in [0.2, 0.25) is 10.0 Å². The summed E-state index contributed by atoms with van der Waals surface area (Å²) in [7, 11) is -3.71. The lowest BCUT2D eigenvalue weighted by Gasteiger charge is -2.10. The second-order valence-electron chi connectivity index (χ2n) is 7.09. The highest BCUT2D eigenvalue weighted by molar-refractivity contribution is 7.92. The molecule has 2 aromatic carbocycles. The van der Waals surface area contributed by atoms with E-state index in [2.05, 4.69) is 9.71 Å². The Morgan fingerprint density at radius 2 is 1.74 bits per heavy atom. The normalized spacial score (nSPS) is 11.8. The van der Waals surface area contributed by atoms with E-state index in [1.54, 1.807) is 18.2 Å². The van der Waals surface area contributed by atoms with E-state index in [4.69, 9.17) is 27.9 Å². The van der Waals surface area contributed by atoms with Crippen LogP contribution in [-0.4, -0.2) is 25.1 Å². The number of hydrogen-bond acceptors (Lipinski definition) is 5. The SMILES string of the molecule is O=C(OCc1ccc(C(F)(F)F)nc1)c1ccc(NS(=O)(=O)CCc2cccc(Cl)c2Cl)cc1. The number of alkyl halides is 3.